The van der Waals surface area contributed by atoms with Gasteiger partial charge in [0.2, 0.25) is 0 Å². The third kappa shape index (κ3) is 7.26. The van der Waals surface area contributed by atoms with Gasteiger partial charge in [0.05, 0.1) is 17.8 Å². The van der Waals surface area contributed by atoms with Gasteiger partial charge in [-0.1, -0.05) is 18.9 Å². The average Bonchev–Trinajstić information content (AvgIpc) is 2.97. The molecule has 1 fully saturated rings. The zero-order valence-corrected chi connectivity index (χ0v) is 18.3. The number of ether oxygens (including phenoxy) is 2. The SMILES string of the molecule is COc1cc(CNCc2csc(C)n2)ccc1OC[C@H](O)CN1CCCCCC1. The van der Waals surface area contributed by atoms with E-state index in [1.165, 1.54) is 25.7 Å². The van der Waals surface area contributed by atoms with Crippen molar-refractivity contribution < 1.29 is 14.6 Å². The molecule has 1 aliphatic rings. The highest BCUT2D eigenvalue weighted by atomic mass is 32.1. The number of hydrogen-bond donors (Lipinski definition) is 2. The molecule has 1 aromatic carbocycles. The van der Waals surface area contributed by atoms with Gasteiger partial charge in [-0.15, -0.1) is 11.3 Å². The van der Waals surface area contributed by atoms with Crippen molar-refractivity contribution >= 4 is 11.3 Å². The van der Waals surface area contributed by atoms with Crippen molar-refractivity contribution in [1.29, 1.82) is 0 Å². The van der Waals surface area contributed by atoms with E-state index in [1.807, 2.05) is 25.1 Å². The Morgan fingerprint density at radius 2 is 1.97 bits per heavy atom. The molecular formula is C22H33N3O3S. The smallest absolute Gasteiger partial charge is 0.161 e. The summed E-state index contributed by atoms with van der Waals surface area (Å²) in [5, 5.41) is 16.9. The summed E-state index contributed by atoms with van der Waals surface area (Å²) in [6, 6.07) is 5.93. The molecule has 0 unspecified atom stereocenters. The minimum Gasteiger partial charge on any atom is -0.493 e. The van der Waals surface area contributed by atoms with E-state index in [-0.39, 0.29) is 6.61 Å². The first-order chi connectivity index (χ1) is 14.1. The summed E-state index contributed by atoms with van der Waals surface area (Å²) in [7, 11) is 1.64. The van der Waals surface area contributed by atoms with E-state index in [0.29, 0.717) is 18.0 Å². The van der Waals surface area contributed by atoms with Gasteiger partial charge in [-0.05, 0) is 50.6 Å². The molecule has 0 radical (unpaired) electrons. The predicted octanol–water partition coefficient (Wildman–Crippen LogP) is 3.37. The van der Waals surface area contributed by atoms with E-state index in [9.17, 15) is 5.11 Å². The number of nitrogens with zero attached hydrogens (tertiary/aromatic N) is 2. The van der Waals surface area contributed by atoms with Crippen LogP contribution in [-0.4, -0.2) is 54.4 Å². The second kappa shape index (κ2) is 11.5. The molecule has 1 aromatic heterocycles. The maximum atomic E-state index is 10.4. The Labute approximate surface area is 177 Å². The molecular weight excluding hydrogens is 386 g/mol. The van der Waals surface area contributed by atoms with Crippen molar-refractivity contribution in [3.63, 3.8) is 0 Å². The molecule has 2 heterocycles. The molecule has 2 aromatic rings. The Morgan fingerprint density at radius 3 is 2.66 bits per heavy atom. The summed E-state index contributed by atoms with van der Waals surface area (Å²) in [6.45, 7) is 6.57. The number of hydrogen-bond acceptors (Lipinski definition) is 7. The van der Waals surface area contributed by atoms with Gasteiger partial charge in [0.1, 0.15) is 12.7 Å². The number of aliphatic hydroxyl groups excluding tert-OH is 1. The van der Waals surface area contributed by atoms with Crippen molar-refractivity contribution in [1.82, 2.24) is 15.2 Å². The van der Waals surface area contributed by atoms with Crippen LogP contribution in [0.1, 0.15) is 41.9 Å². The molecule has 2 N–H and O–H groups in total. The lowest BCUT2D eigenvalue weighted by Gasteiger charge is -2.23. The summed E-state index contributed by atoms with van der Waals surface area (Å²) >= 11 is 1.67. The molecule has 0 aliphatic carbocycles. The van der Waals surface area contributed by atoms with Gasteiger partial charge in [0.15, 0.2) is 11.5 Å². The van der Waals surface area contributed by atoms with Crippen molar-refractivity contribution in [3.05, 3.63) is 39.8 Å². The van der Waals surface area contributed by atoms with E-state index in [0.717, 1.165) is 42.4 Å². The summed E-state index contributed by atoms with van der Waals surface area (Å²) in [6.07, 6.45) is 4.54. The minimum absolute atomic E-state index is 0.271. The number of thiazole rings is 1. The molecule has 0 saturated carbocycles. The van der Waals surface area contributed by atoms with Gasteiger partial charge < -0.3 is 24.8 Å². The largest absolute Gasteiger partial charge is 0.493 e. The van der Waals surface area contributed by atoms with Gasteiger partial charge in [-0.3, -0.25) is 0 Å². The van der Waals surface area contributed by atoms with E-state index in [1.54, 1.807) is 18.4 Å². The van der Waals surface area contributed by atoms with Crippen LogP contribution in [0.4, 0.5) is 0 Å². The predicted molar refractivity (Wildman–Crippen MR) is 117 cm³/mol. The molecule has 3 rings (SSSR count). The Balaban J connectivity index is 1.46. The second-order valence-electron chi connectivity index (χ2n) is 7.63. The van der Waals surface area contributed by atoms with Gasteiger partial charge >= 0.3 is 0 Å². The fourth-order valence-electron chi connectivity index (χ4n) is 3.62. The number of methoxy groups -OCH3 is 1. The molecule has 1 atom stereocenters. The fourth-order valence-corrected chi connectivity index (χ4v) is 4.23. The number of aliphatic hydroxyl groups is 1. The first kappa shape index (κ1) is 22.0. The molecule has 29 heavy (non-hydrogen) atoms. The number of aryl methyl sites for hydroxylation is 1. The molecule has 0 bridgehead atoms. The number of benzene rings is 1. The summed E-state index contributed by atoms with van der Waals surface area (Å²) < 4.78 is 11.4. The number of rotatable bonds is 10. The van der Waals surface area contributed by atoms with E-state index in [4.69, 9.17) is 9.47 Å². The van der Waals surface area contributed by atoms with Crippen LogP contribution in [0.25, 0.3) is 0 Å². The van der Waals surface area contributed by atoms with Gasteiger partial charge in [0.25, 0.3) is 0 Å². The van der Waals surface area contributed by atoms with Crippen LogP contribution in [0.15, 0.2) is 23.6 Å². The number of nitrogens with one attached hydrogen (secondary N) is 1. The summed E-state index contributed by atoms with van der Waals surface area (Å²) in [5.41, 5.74) is 2.18. The van der Waals surface area contributed by atoms with Gasteiger partial charge in [-0.25, -0.2) is 4.98 Å². The minimum atomic E-state index is -0.499. The normalized spacial score (nSPS) is 16.4. The van der Waals surface area contributed by atoms with Crippen LogP contribution in [0.5, 0.6) is 11.5 Å². The van der Waals surface area contributed by atoms with Crippen molar-refractivity contribution in [2.24, 2.45) is 0 Å². The Kier molecular flexibility index (Phi) is 8.73. The van der Waals surface area contributed by atoms with Crippen LogP contribution in [0.2, 0.25) is 0 Å². The van der Waals surface area contributed by atoms with Crippen molar-refractivity contribution in [3.8, 4) is 11.5 Å². The molecule has 1 aliphatic heterocycles. The summed E-state index contributed by atoms with van der Waals surface area (Å²) in [4.78, 5) is 6.81. The van der Waals surface area contributed by atoms with Crippen molar-refractivity contribution in [2.75, 3.05) is 33.4 Å². The van der Waals surface area contributed by atoms with Crippen LogP contribution >= 0.6 is 11.3 Å². The molecule has 160 valence electrons. The van der Waals surface area contributed by atoms with Crippen LogP contribution in [0.3, 0.4) is 0 Å². The van der Waals surface area contributed by atoms with Crippen LogP contribution < -0.4 is 14.8 Å². The second-order valence-corrected chi connectivity index (χ2v) is 8.69. The quantitative estimate of drug-likeness (QED) is 0.616. The monoisotopic (exact) mass is 419 g/mol. The van der Waals surface area contributed by atoms with Crippen LogP contribution in [-0.2, 0) is 13.1 Å². The standard InChI is InChI=1S/C22H33N3O3S/c1-17-24-19(16-29-17)13-23-12-18-7-8-21(22(11-18)27-2)28-15-20(26)14-25-9-5-3-4-6-10-25/h7-8,11,16,20,23,26H,3-6,9-10,12-15H2,1-2H3/t20-/m1/s1. The maximum absolute atomic E-state index is 10.4. The first-order valence-electron chi connectivity index (χ1n) is 10.5. The van der Waals surface area contributed by atoms with Crippen molar-refractivity contribution in [2.45, 2.75) is 51.8 Å². The number of β-amino-alcohol motifs (C(OH)–C–C–N with tert-alkyl or cyclic N) is 1. The zero-order chi connectivity index (χ0) is 20.5. The average molecular weight is 420 g/mol. The zero-order valence-electron chi connectivity index (χ0n) is 17.5. The molecule has 6 nitrogen and oxygen atoms in total. The highest BCUT2D eigenvalue weighted by Crippen LogP contribution is 2.28. The lowest BCUT2D eigenvalue weighted by molar-refractivity contribution is 0.0683. The van der Waals surface area contributed by atoms with Gasteiger partial charge in [-0.2, -0.15) is 0 Å². The lowest BCUT2D eigenvalue weighted by Crippen LogP contribution is -2.36. The maximum Gasteiger partial charge on any atom is 0.161 e. The third-order valence-electron chi connectivity index (χ3n) is 5.13. The third-order valence-corrected chi connectivity index (χ3v) is 5.95. The van der Waals surface area contributed by atoms with E-state index < -0.39 is 6.10 Å². The molecule has 0 amide bonds. The first-order valence-corrected chi connectivity index (χ1v) is 11.3. The Bertz CT molecular complexity index is 745. The fraction of sp³-hybridized carbons (Fsp3) is 0.591. The lowest BCUT2D eigenvalue weighted by atomic mass is 10.2. The highest BCUT2D eigenvalue weighted by Gasteiger charge is 2.15. The molecule has 1 saturated heterocycles. The number of likely N-dealkylation sites (tertiary alicyclic amines) is 1. The number of aromatic nitrogens is 1. The Hall–Kier alpha value is -1.67. The highest BCUT2D eigenvalue weighted by molar-refractivity contribution is 7.09. The molecule has 7 heteroatoms. The van der Waals surface area contributed by atoms with Gasteiger partial charge in [0, 0.05) is 25.0 Å². The molecule has 0 spiro atoms. The van der Waals surface area contributed by atoms with E-state index >= 15 is 0 Å². The summed E-state index contributed by atoms with van der Waals surface area (Å²) in [5.74, 6) is 1.36. The Morgan fingerprint density at radius 1 is 1.17 bits per heavy atom. The van der Waals surface area contributed by atoms with Crippen LogP contribution in [0, 0.1) is 6.92 Å². The topological polar surface area (TPSA) is 66.8 Å². The van der Waals surface area contributed by atoms with E-state index in [2.05, 4.69) is 20.6 Å².